The average molecular weight is 438 g/mol. The van der Waals surface area contributed by atoms with Crippen molar-refractivity contribution in [3.8, 4) is 0 Å². The van der Waals surface area contributed by atoms with Crippen LogP contribution < -0.4 is 0 Å². The maximum atomic E-state index is 11.1. The maximum Gasteiger partial charge on any atom is 0.329 e. The van der Waals surface area contributed by atoms with Crippen molar-refractivity contribution in [3.63, 3.8) is 0 Å². The number of carbonyl (C=O) groups is 4. The molecule has 0 bridgehead atoms. The van der Waals surface area contributed by atoms with Crippen LogP contribution in [-0.4, -0.2) is 80.0 Å². The summed E-state index contributed by atoms with van der Waals surface area (Å²) in [7, 11) is 5.52. The summed E-state index contributed by atoms with van der Waals surface area (Å²) < 4.78 is -3.12. The number of carbonyl (C=O) groups excluding carboxylic acids is 4. The first-order valence-electron chi connectivity index (χ1n) is 5.65. The molecule has 0 aromatic rings. The molecule has 2 saturated heterocycles. The molecular formula is C10H12BrCl3N4O4. The molecule has 0 aliphatic carbocycles. The van der Waals surface area contributed by atoms with Gasteiger partial charge in [0.1, 0.15) is 0 Å². The van der Waals surface area contributed by atoms with Gasteiger partial charge in [-0.25, -0.2) is 9.59 Å². The SMILES string of the molecule is CN1C(=O)N(C)C(Cl)(Br)C1=O.CN1C(=O)N(C)C(Cl)(Cl)C1=O. The van der Waals surface area contributed by atoms with Gasteiger partial charge < -0.3 is 0 Å². The van der Waals surface area contributed by atoms with Crippen LogP contribution in [0.25, 0.3) is 0 Å². The summed E-state index contributed by atoms with van der Waals surface area (Å²) in [5, 5.41) is 0. The van der Waals surface area contributed by atoms with Crippen LogP contribution in [0.2, 0.25) is 0 Å². The lowest BCUT2D eigenvalue weighted by molar-refractivity contribution is -0.127. The topological polar surface area (TPSA) is 81.2 Å². The Morgan fingerprint density at radius 1 is 0.773 bits per heavy atom. The zero-order chi connectivity index (χ0) is 17.6. The highest BCUT2D eigenvalue weighted by Crippen LogP contribution is 2.35. The van der Waals surface area contributed by atoms with Crippen LogP contribution in [0.3, 0.4) is 0 Å². The second-order valence-electron chi connectivity index (χ2n) is 4.49. The molecule has 1 atom stereocenters. The molecule has 2 rings (SSSR count). The number of hydrogen-bond donors (Lipinski definition) is 0. The minimum Gasteiger partial charge on any atom is -0.291 e. The van der Waals surface area contributed by atoms with Gasteiger partial charge in [-0.05, 0) is 15.9 Å². The fourth-order valence-corrected chi connectivity index (χ4v) is 2.57. The van der Waals surface area contributed by atoms with E-state index in [1.165, 1.54) is 28.2 Å². The van der Waals surface area contributed by atoms with E-state index in [0.717, 1.165) is 19.6 Å². The highest BCUT2D eigenvalue weighted by atomic mass is 79.9. The first-order valence-corrected chi connectivity index (χ1v) is 7.58. The van der Waals surface area contributed by atoms with Crippen molar-refractivity contribution in [2.24, 2.45) is 0 Å². The van der Waals surface area contributed by atoms with Crippen molar-refractivity contribution >= 4 is 74.6 Å². The second kappa shape index (κ2) is 6.03. The number of likely N-dealkylation sites (N-methyl/N-ethyl adjacent to an activating group) is 4. The minimum atomic E-state index is -1.73. The zero-order valence-electron chi connectivity index (χ0n) is 11.9. The van der Waals surface area contributed by atoms with Crippen molar-refractivity contribution in [3.05, 3.63) is 0 Å². The Bertz CT molecular complexity index is 508. The average Bonchev–Trinajstić information content (AvgIpc) is 2.67. The van der Waals surface area contributed by atoms with Crippen molar-refractivity contribution in [2.75, 3.05) is 28.2 Å². The van der Waals surface area contributed by atoms with Crippen LogP contribution >= 0.6 is 50.7 Å². The Labute approximate surface area is 149 Å². The van der Waals surface area contributed by atoms with E-state index in [9.17, 15) is 19.2 Å². The van der Waals surface area contributed by atoms with E-state index in [-0.39, 0.29) is 0 Å². The molecule has 8 nitrogen and oxygen atoms in total. The maximum absolute atomic E-state index is 11.1. The smallest absolute Gasteiger partial charge is 0.291 e. The van der Waals surface area contributed by atoms with Gasteiger partial charge in [0.25, 0.3) is 20.2 Å². The lowest BCUT2D eigenvalue weighted by Gasteiger charge is -2.17. The number of nitrogens with zero attached hydrogens (tertiary/aromatic N) is 4. The predicted molar refractivity (Wildman–Crippen MR) is 83.8 cm³/mol. The van der Waals surface area contributed by atoms with Crippen LogP contribution in [0, 0.1) is 0 Å². The molecule has 0 radical (unpaired) electrons. The zero-order valence-corrected chi connectivity index (χ0v) is 15.8. The van der Waals surface area contributed by atoms with E-state index >= 15 is 0 Å². The number of alkyl halides is 4. The number of imide groups is 2. The molecule has 124 valence electrons. The molecule has 2 aliphatic heterocycles. The number of rotatable bonds is 0. The molecule has 0 aromatic carbocycles. The van der Waals surface area contributed by atoms with E-state index in [2.05, 4.69) is 15.9 Å². The molecule has 1 unspecified atom stereocenters. The lowest BCUT2D eigenvalue weighted by atomic mass is 10.6. The minimum absolute atomic E-state index is 0.415. The van der Waals surface area contributed by atoms with E-state index in [1.807, 2.05) is 0 Å². The van der Waals surface area contributed by atoms with Gasteiger partial charge in [0.05, 0.1) is 0 Å². The Morgan fingerprint density at radius 3 is 1.23 bits per heavy atom. The van der Waals surface area contributed by atoms with Crippen LogP contribution in [0.15, 0.2) is 0 Å². The Kier molecular flexibility index (Phi) is 5.28. The highest BCUT2D eigenvalue weighted by Gasteiger charge is 2.52. The van der Waals surface area contributed by atoms with Gasteiger partial charge in [0, 0.05) is 28.2 Å². The molecule has 6 amide bonds. The predicted octanol–water partition coefficient (Wildman–Crippen LogP) is 1.44. The third kappa shape index (κ3) is 2.86. The van der Waals surface area contributed by atoms with Crippen molar-refractivity contribution in [1.82, 2.24) is 19.6 Å². The molecule has 2 aliphatic rings. The normalized spacial score (nSPS) is 27.6. The van der Waals surface area contributed by atoms with Crippen molar-refractivity contribution in [2.45, 2.75) is 8.36 Å². The lowest BCUT2D eigenvalue weighted by Crippen LogP contribution is -2.36. The van der Waals surface area contributed by atoms with E-state index < -0.39 is 32.2 Å². The number of urea groups is 2. The molecule has 0 aromatic heterocycles. The van der Waals surface area contributed by atoms with Crippen molar-refractivity contribution < 1.29 is 19.2 Å². The first-order chi connectivity index (χ1) is 9.77. The summed E-state index contributed by atoms with van der Waals surface area (Å²) in [6.45, 7) is 0. The summed E-state index contributed by atoms with van der Waals surface area (Å²) in [5.74, 6) is -1.08. The van der Waals surface area contributed by atoms with Crippen LogP contribution in [0.5, 0.6) is 0 Å². The van der Waals surface area contributed by atoms with Gasteiger partial charge in [-0.15, -0.1) is 0 Å². The summed E-state index contributed by atoms with van der Waals surface area (Å²) >= 11 is 19.7. The fourth-order valence-electron chi connectivity index (χ4n) is 1.55. The van der Waals surface area contributed by atoms with E-state index in [0.29, 0.717) is 0 Å². The monoisotopic (exact) mass is 436 g/mol. The van der Waals surface area contributed by atoms with Gasteiger partial charge in [0.15, 0.2) is 0 Å². The molecule has 22 heavy (non-hydrogen) atoms. The summed E-state index contributed by atoms with van der Waals surface area (Å²) in [6, 6.07) is -0.915. The number of hydrogen-bond acceptors (Lipinski definition) is 4. The second-order valence-corrected chi connectivity index (χ2v) is 7.93. The summed E-state index contributed by atoms with van der Waals surface area (Å²) in [4.78, 5) is 48.1. The molecule has 0 spiro atoms. The summed E-state index contributed by atoms with van der Waals surface area (Å²) in [5.41, 5.74) is 0. The quantitative estimate of drug-likeness (QED) is 0.326. The number of halogens is 4. The van der Waals surface area contributed by atoms with Crippen LogP contribution in [0.4, 0.5) is 9.59 Å². The van der Waals surface area contributed by atoms with Crippen LogP contribution in [-0.2, 0) is 9.59 Å². The third-order valence-electron chi connectivity index (χ3n) is 3.11. The van der Waals surface area contributed by atoms with E-state index in [1.54, 1.807) is 0 Å². The fraction of sp³-hybridized carbons (Fsp3) is 0.600. The highest BCUT2D eigenvalue weighted by molar-refractivity contribution is 9.10. The van der Waals surface area contributed by atoms with Gasteiger partial charge in [-0.3, -0.25) is 29.2 Å². The largest absolute Gasteiger partial charge is 0.329 e. The van der Waals surface area contributed by atoms with Crippen LogP contribution in [0.1, 0.15) is 0 Å². The molecule has 0 saturated carbocycles. The summed E-state index contributed by atoms with van der Waals surface area (Å²) in [6.07, 6.45) is 0. The molecule has 12 heteroatoms. The Hall–Kier alpha value is -0.770. The van der Waals surface area contributed by atoms with Gasteiger partial charge in [-0.1, -0.05) is 34.8 Å². The van der Waals surface area contributed by atoms with Gasteiger partial charge in [0.2, 0.25) is 0 Å². The Morgan fingerprint density at radius 2 is 1.14 bits per heavy atom. The molecule has 2 heterocycles. The first kappa shape index (κ1) is 19.3. The standard InChI is InChI=1S/C5H6BrClN2O2.C5H6Cl2N2O2/c2*1-8-3(10)5(6,7)9(2)4(8)11/h2*1-2H3. The van der Waals surface area contributed by atoms with Gasteiger partial charge in [-0.2, -0.15) is 0 Å². The molecular weight excluding hydrogens is 426 g/mol. The Balaban J connectivity index is 0.000000220. The molecule has 0 N–H and O–H groups in total. The van der Waals surface area contributed by atoms with Crippen molar-refractivity contribution in [1.29, 1.82) is 0 Å². The number of amides is 6. The third-order valence-corrected chi connectivity index (χ3v) is 5.23. The van der Waals surface area contributed by atoms with E-state index in [4.69, 9.17) is 34.8 Å². The molecule has 2 fully saturated rings. The van der Waals surface area contributed by atoms with Gasteiger partial charge >= 0.3 is 12.1 Å².